The van der Waals surface area contributed by atoms with Crippen LogP contribution < -0.4 is 5.32 Å². The standard InChI is InChI=1S/C49H31N3O/c1-2-13-33-28-35(25-22-30(33)10-1)47-50-48(36-26-27-39-34(29-36)24-23-32-12-4-5-15-37(32)39)52-49(51-47)42-19-9-21-44-46(42)45-41(18-8-20-43(45)53-44)40-17-7-14-31-11-3-6-16-38(31)40/h1-29,49H,(H,50,51,52). The van der Waals surface area contributed by atoms with Crippen LogP contribution in [-0.4, -0.2) is 11.7 Å². The highest BCUT2D eigenvalue weighted by Crippen LogP contribution is 2.42. The van der Waals surface area contributed by atoms with Crippen molar-refractivity contribution in [2.24, 2.45) is 9.98 Å². The van der Waals surface area contributed by atoms with Gasteiger partial charge in [-0.15, -0.1) is 0 Å². The number of amidine groups is 2. The normalized spacial score (nSPS) is 14.6. The number of hydrogen-bond acceptors (Lipinski definition) is 4. The molecule has 11 rings (SSSR count). The first-order valence-corrected chi connectivity index (χ1v) is 18.0. The summed E-state index contributed by atoms with van der Waals surface area (Å²) in [4.78, 5) is 10.6. The van der Waals surface area contributed by atoms with Gasteiger partial charge in [0.25, 0.3) is 0 Å². The van der Waals surface area contributed by atoms with E-state index in [2.05, 4.69) is 181 Å². The van der Waals surface area contributed by atoms with Crippen molar-refractivity contribution in [1.82, 2.24) is 5.32 Å². The molecule has 0 spiro atoms. The maximum atomic E-state index is 6.61. The second-order valence-corrected chi connectivity index (χ2v) is 13.8. The lowest BCUT2D eigenvalue weighted by Gasteiger charge is -2.24. The first-order valence-electron chi connectivity index (χ1n) is 18.0. The molecule has 53 heavy (non-hydrogen) atoms. The van der Waals surface area contributed by atoms with Crippen molar-refractivity contribution in [3.63, 3.8) is 0 Å². The molecule has 1 aromatic heterocycles. The average molecular weight is 678 g/mol. The van der Waals surface area contributed by atoms with Gasteiger partial charge in [0, 0.05) is 27.5 Å². The van der Waals surface area contributed by atoms with Crippen LogP contribution in [0.4, 0.5) is 0 Å². The number of fused-ring (bicyclic) bond motifs is 8. The van der Waals surface area contributed by atoms with Gasteiger partial charge in [-0.05, 0) is 78.5 Å². The van der Waals surface area contributed by atoms with Crippen molar-refractivity contribution >= 4 is 76.7 Å². The molecular formula is C49H31N3O. The highest BCUT2D eigenvalue weighted by Gasteiger charge is 2.26. The van der Waals surface area contributed by atoms with Gasteiger partial charge in [-0.2, -0.15) is 0 Å². The summed E-state index contributed by atoms with van der Waals surface area (Å²) in [6.07, 6.45) is -0.429. The van der Waals surface area contributed by atoms with Crippen LogP contribution in [-0.2, 0) is 0 Å². The summed E-state index contributed by atoms with van der Waals surface area (Å²) >= 11 is 0. The molecule has 0 amide bonds. The lowest BCUT2D eigenvalue weighted by atomic mass is 9.93. The highest BCUT2D eigenvalue weighted by atomic mass is 16.3. The molecule has 1 atom stereocenters. The number of nitrogens with zero attached hydrogens (tertiary/aromatic N) is 2. The maximum absolute atomic E-state index is 6.61. The first kappa shape index (κ1) is 29.7. The van der Waals surface area contributed by atoms with Crippen molar-refractivity contribution in [2.45, 2.75) is 6.17 Å². The van der Waals surface area contributed by atoms with Crippen molar-refractivity contribution < 1.29 is 4.42 Å². The molecule has 0 aliphatic carbocycles. The van der Waals surface area contributed by atoms with Crippen LogP contribution >= 0.6 is 0 Å². The van der Waals surface area contributed by atoms with E-state index in [1.165, 1.54) is 37.9 Å². The molecule has 1 unspecified atom stereocenters. The minimum absolute atomic E-state index is 0.429. The summed E-state index contributed by atoms with van der Waals surface area (Å²) in [5.41, 5.74) is 7.00. The summed E-state index contributed by atoms with van der Waals surface area (Å²) in [5, 5.41) is 15.5. The van der Waals surface area contributed by atoms with E-state index in [0.29, 0.717) is 5.84 Å². The summed E-state index contributed by atoms with van der Waals surface area (Å²) in [6.45, 7) is 0. The Morgan fingerprint density at radius 3 is 1.92 bits per heavy atom. The third kappa shape index (κ3) is 4.84. The van der Waals surface area contributed by atoms with Crippen LogP contribution in [0.5, 0.6) is 0 Å². The van der Waals surface area contributed by atoms with Crippen molar-refractivity contribution in [1.29, 1.82) is 0 Å². The molecule has 4 heteroatoms. The van der Waals surface area contributed by atoms with Crippen molar-refractivity contribution in [2.75, 3.05) is 0 Å². The quantitative estimate of drug-likeness (QED) is 0.189. The number of hydrogen-bond donors (Lipinski definition) is 1. The van der Waals surface area contributed by atoms with Gasteiger partial charge in [-0.1, -0.05) is 152 Å². The van der Waals surface area contributed by atoms with Crippen molar-refractivity contribution in [3.8, 4) is 11.1 Å². The fourth-order valence-electron chi connectivity index (χ4n) is 8.18. The topological polar surface area (TPSA) is 49.9 Å². The zero-order valence-corrected chi connectivity index (χ0v) is 28.6. The van der Waals surface area contributed by atoms with Crippen LogP contribution in [0.2, 0.25) is 0 Å². The first-order chi connectivity index (χ1) is 26.2. The van der Waals surface area contributed by atoms with Gasteiger partial charge >= 0.3 is 0 Å². The van der Waals surface area contributed by atoms with E-state index < -0.39 is 6.17 Å². The third-order valence-corrected chi connectivity index (χ3v) is 10.7. The molecule has 0 fully saturated rings. The molecule has 248 valence electrons. The van der Waals surface area contributed by atoms with Gasteiger partial charge in [0.15, 0.2) is 5.84 Å². The number of nitrogens with one attached hydrogen (secondary N) is 1. The van der Waals surface area contributed by atoms with Crippen LogP contribution in [0.25, 0.3) is 76.2 Å². The molecule has 1 aliphatic rings. The molecule has 1 aliphatic heterocycles. The van der Waals surface area contributed by atoms with E-state index in [1.807, 2.05) is 0 Å². The molecule has 1 N–H and O–H groups in total. The minimum atomic E-state index is -0.429. The van der Waals surface area contributed by atoms with E-state index in [0.717, 1.165) is 60.8 Å². The Hall–Kier alpha value is -7.04. The predicted molar refractivity (Wildman–Crippen MR) is 221 cm³/mol. The van der Waals surface area contributed by atoms with Crippen LogP contribution in [0, 0.1) is 0 Å². The molecule has 0 bridgehead atoms. The second-order valence-electron chi connectivity index (χ2n) is 13.8. The van der Waals surface area contributed by atoms with Gasteiger partial charge in [0.2, 0.25) is 0 Å². The fourth-order valence-corrected chi connectivity index (χ4v) is 8.18. The van der Waals surface area contributed by atoms with E-state index in [9.17, 15) is 0 Å². The molecule has 9 aromatic carbocycles. The molecule has 2 heterocycles. The zero-order valence-electron chi connectivity index (χ0n) is 28.6. The predicted octanol–water partition coefficient (Wildman–Crippen LogP) is 12.4. The third-order valence-electron chi connectivity index (χ3n) is 10.7. The molecule has 0 saturated heterocycles. The van der Waals surface area contributed by atoms with E-state index in [1.54, 1.807) is 0 Å². The average Bonchev–Trinajstić information content (AvgIpc) is 3.62. The molecule has 10 aromatic rings. The molecule has 0 radical (unpaired) electrons. The SMILES string of the molecule is c1ccc2cc(C3=NC(c4ccc5c(ccc6ccccc65)c4)=NC(c4cccc5oc6cccc(-c7cccc8ccccc78)c6c45)N3)ccc2c1. The minimum Gasteiger partial charge on any atom is -0.456 e. The Bertz CT molecular complexity index is 3160. The molecule has 4 nitrogen and oxygen atoms in total. The lowest BCUT2D eigenvalue weighted by molar-refractivity contribution is 0.662. The summed E-state index contributed by atoms with van der Waals surface area (Å²) < 4.78 is 6.61. The summed E-state index contributed by atoms with van der Waals surface area (Å²) in [5.74, 6) is 1.47. The van der Waals surface area contributed by atoms with Crippen LogP contribution in [0.15, 0.2) is 190 Å². The smallest absolute Gasteiger partial charge is 0.159 e. The largest absolute Gasteiger partial charge is 0.456 e. The number of rotatable bonds is 4. The van der Waals surface area contributed by atoms with Gasteiger partial charge < -0.3 is 9.73 Å². The monoisotopic (exact) mass is 677 g/mol. The Morgan fingerprint density at radius 1 is 0.434 bits per heavy atom. The number of aliphatic imine (C=N–C) groups is 2. The van der Waals surface area contributed by atoms with Gasteiger partial charge in [0.05, 0.1) is 0 Å². The molecule has 0 saturated carbocycles. The van der Waals surface area contributed by atoms with Crippen LogP contribution in [0.1, 0.15) is 22.9 Å². The van der Waals surface area contributed by atoms with Gasteiger partial charge in [-0.25, -0.2) is 9.98 Å². The maximum Gasteiger partial charge on any atom is 0.159 e. The summed E-state index contributed by atoms with van der Waals surface area (Å²) in [7, 11) is 0. The zero-order chi connectivity index (χ0) is 34.9. The highest BCUT2D eigenvalue weighted by molar-refractivity contribution is 6.19. The van der Waals surface area contributed by atoms with Gasteiger partial charge in [-0.3, -0.25) is 0 Å². The van der Waals surface area contributed by atoms with Gasteiger partial charge in [0.1, 0.15) is 23.2 Å². The molecular weight excluding hydrogens is 647 g/mol. The number of benzene rings is 9. The second kappa shape index (κ2) is 11.8. The van der Waals surface area contributed by atoms with E-state index >= 15 is 0 Å². The number of furan rings is 1. The fraction of sp³-hybridized carbons (Fsp3) is 0.0204. The van der Waals surface area contributed by atoms with Crippen molar-refractivity contribution in [3.05, 3.63) is 193 Å². The van der Waals surface area contributed by atoms with E-state index in [-0.39, 0.29) is 0 Å². The Morgan fingerprint density at radius 2 is 1.04 bits per heavy atom. The summed E-state index contributed by atoms with van der Waals surface area (Å²) in [6, 6.07) is 62.2. The van der Waals surface area contributed by atoms with Crippen LogP contribution in [0.3, 0.4) is 0 Å². The Labute approximate surface area is 305 Å². The lowest BCUT2D eigenvalue weighted by Crippen LogP contribution is -2.33. The Kier molecular flexibility index (Phi) is 6.58. The Balaban J connectivity index is 1.13. The van der Waals surface area contributed by atoms with E-state index in [4.69, 9.17) is 14.4 Å².